The molecule has 0 aliphatic carbocycles. The molecule has 11 heteroatoms. The summed E-state index contributed by atoms with van der Waals surface area (Å²) in [6.45, 7) is 2.15. The monoisotopic (exact) mass is 612 g/mol. The second kappa shape index (κ2) is 14.2. The molecule has 0 unspecified atom stereocenters. The van der Waals surface area contributed by atoms with Crippen molar-refractivity contribution in [1.82, 2.24) is 10.6 Å². The first-order valence-electron chi connectivity index (χ1n) is 13.3. The molecule has 2 N–H and O–H groups in total. The summed E-state index contributed by atoms with van der Waals surface area (Å²) in [7, 11) is 0. The fraction of sp³-hybridized carbons (Fsp3) is 0.219. The summed E-state index contributed by atoms with van der Waals surface area (Å²) < 4.78 is 58.3. The molecule has 1 aliphatic rings. The Bertz CT molecular complexity index is 1540. The van der Waals surface area contributed by atoms with Gasteiger partial charge in [0.25, 0.3) is 0 Å². The third kappa shape index (κ3) is 7.70. The molecule has 0 saturated heterocycles. The van der Waals surface area contributed by atoms with Gasteiger partial charge in [-0.3, -0.25) is 15.3 Å². The molecular formula is C32H29ClF4N4O2. The van der Waals surface area contributed by atoms with Crippen molar-refractivity contribution in [3.05, 3.63) is 126 Å². The molecule has 4 rings (SSSR count). The lowest BCUT2D eigenvalue weighted by atomic mass is 9.79. The molecule has 6 nitrogen and oxygen atoms in total. The van der Waals surface area contributed by atoms with Gasteiger partial charge in [0, 0.05) is 24.1 Å². The summed E-state index contributed by atoms with van der Waals surface area (Å²) in [6.07, 6.45) is -2.29. The lowest BCUT2D eigenvalue weighted by Gasteiger charge is -2.36. The van der Waals surface area contributed by atoms with Crippen LogP contribution in [-0.4, -0.2) is 36.0 Å². The molecule has 1 heterocycles. The predicted molar refractivity (Wildman–Crippen MR) is 160 cm³/mol. The molecule has 224 valence electrons. The highest BCUT2D eigenvalue weighted by molar-refractivity contribution is 6.19. The molecule has 3 aromatic carbocycles. The van der Waals surface area contributed by atoms with Crippen LogP contribution >= 0.6 is 11.6 Å². The van der Waals surface area contributed by atoms with Crippen molar-refractivity contribution in [2.24, 2.45) is 9.98 Å². The summed E-state index contributed by atoms with van der Waals surface area (Å²) in [5.41, 5.74) is 1.45. The molecule has 1 atom stereocenters. The first kappa shape index (κ1) is 31.5. The summed E-state index contributed by atoms with van der Waals surface area (Å²) in [5.74, 6) is -0.0540. The number of urea groups is 1. The number of alkyl halides is 5. The highest BCUT2D eigenvalue weighted by atomic mass is 35.5. The van der Waals surface area contributed by atoms with Crippen LogP contribution in [0.1, 0.15) is 29.2 Å². The number of benzene rings is 3. The molecule has 0 saturated carbocycles. The maximum atomic E-state index is 13.9. The minimum atomic E-state index is -4.74. The second-order valence-electron chi connectivity index (χ2n) is 9.51. The zero-order valence-corrected chi connectivity index (χ0v) is 23.9. The smallest absolute Gasteiger partial charge is 0.428 e. The van der Waals surface area contributed by atoms with E-state index in [1.807, 2.05) is 54.6 Å². The lowest BCUT2D eigenvalue weighted by Crippen LogP contribution is -2.56. The van der Waals surface area contributed by atoms with Crippen molar-refractivity contribution in [3.8, 4) is 5.75 Å². The predicted octanol–water partition coefficient (Wildman–Crippen LogP) is 7.39. The van der Waals surface area contributed by atoms with Gasteiger partial charge < -0.3 is 10.1 Å². The summed E-state index contributed by atoms with van der Waals surface area (Å²) >= 11 is 5.98. The summed E-state index contributed by atoms with van der Waals surface area (Å²) in [4.78, 5) is 22.8. The first-order valence-corrected chi connectivity index (χ1v) is 13.8. The van der Waals surface area contributed by atoms with E-state index in [2.05, 4.69) is 25.4 Å². The van der Waals surface area contributed by atoms with Crippen LogP contribution in [0, 0.1) is 0 Å². The number of hydrogen-bond acceptors (Lipinski definition) is 4. The van der Waals surface area contributed by atoms with Crippen LogP contribution in [-0.2, 0) is 18.5 Å². The molecular weight excluding hydrogens is 584 g/mol. The number of hydrogen-bond donors (Lipinski definition) is 2. The maximum Gasteiger partial charge on any atom is 0.461 e. The van der Waals surface area contributed by atoms with Gasteiger partial charge in [0.15, 0.2) is 0 Å². The third-order valence-electron chi connectivity index (χ3n) is 6.55. The molecule has 0 radical (unpaired) electrons. The van der Waals surface area contributed by atoms with Crippen molar-refractivity contribution >= 4 is 29.2 Å². The molecule has 0 bridgehead atoms. The Hall–Kier alpha value is -4.44. The normalized spacial score (nSPS) is 15.0. The second-order valence-corrected chi connectivity index (χ2v) is 9.82. The number of carbonyl (C=O) groups excluding carboxylic acids is 1. The Morgan fingerprint density at radius 2 is 1.84 bits per heavy atom. The number of carbonyl (C=O) groups is 1. The Morgan fingerprint density at radius 1 is 1.09 bits per heavy atom. The number of aliphatic imine (C=N–C) groups is 2. The largest absolute Gasteiger partial charge is 0.461 e. The number of rotatable bonds is 11. The SMILES string of the molecule is C/C=C/N=C(/C=C\CCl)[C@@](Cc1ccccc1)(NC(=O)NC1=NCc2ccccc21)c1cccc(OC(F)(F)C(F)F)c1. The number of nitrogens with one attached hydrogen (secondary N) is 2. The van der Waals surface area contributed by atoms with Gasteiger partial charge >= 0.3 is 18.6 Å². The number of amides is 2. The van der Waals surface area contributed by atoms with Gasteiger partial charge in [0.1, 0.15) is 17.1 Å². The van der Waals surface area contributed by atoms with E-state index >= 15 is 0 Å². The fourth-order valence-electron chi connectivity index (χ4n) is 4.63. The molecule has 2 amide bonds. The van der Waals surface area contributed by atoms with Crippen LogP contribution in [0.3, 0.4) is 0 Å². The van der Waals surface area contributed by atoms with Crippen molar-refractivity contribution < 1.29 is 27.1 Å². The Labute approximate surface area is 251 Å². The first-order chi connectivity index (χ1) is 20.7. The van der Waals surface area contributed by atoms with Crippen molar-refractivity contribution in [2.75, 3.05) is 5.88 Å². The van der Waals surface area contributed by atoms with Gasteiger partial charge in [0.2, 0.25) is 0 Å². The minimum Gasteiger partial charge on any atom is -0.428 e. The van der Waals surface area contributed by atoms with Gasteiger partial charge in [-0.1, -0.05) is 78.9 Å². The van der Waals surface area contributed by atoms with E-state index < -0.39 is 29.9 Å². The van der Waals surface area contributed by atoms with Crippen LogP contribution in [0.15, 0.2) is 113 Å². The van der Waals surface area contributed by atoms with E-state index in [4.69, 9.17) is 11.6 Å². The number of amidine groups is 1. The standard InChI is InChI=1S/C32H29ClF4N4O2/c1-2-18-38-27(16-9-17-33)31(20-22-10-4-3-5-11-22,24-13-8-14-25(19-24)43-32(36,37)29(34)35)41-30(42)40-28-26-15-7-6-12-23(26)21-39-28/h2-16,18-19,29H,17,20-21H2,1H3,(H2,39,40,41,42)/b16-9-,18-2+,38-27-/t31-/m0/s1. The summed E-state index contributed by atoms with van der Waals surface area (Å²) in [5, 5.41) is 5.81. The summed E-state index contributed by atoms with van der Waals surface area (Å²) in [6, 6.07) is 21.2. The Balaban J connectivity index is 1.86. The van der Waals surface area contributed by atoms with E-state index in [1.165, 1.54) is 18.3 Å². The highest BCUT2D eigenvalue weighted by Gasteiger charge is 2.45. The Morgan fingerprint density at radius 3 is 2.56 bits per heavy atom. The van der Waals surface area contributed by atoms with E-state index in [0.717, 1.165) is 22.8 Å². The third-order valence-corrected chi connectivity index (χ3v) is 6.73. The van der Waals surface area contributed by atoms with Crippen LogP contribution < -0.4 is 15.4 Å². The number of nitrogens with zero attached hydrogens (tertiary/aromatic N) is 2. The fourth-order valence-corrected chi connectivity index (χ4v) is 4.72. The average molecular weight is 613 g/mol. The molecule has 0 spiro atoms. The van der Waals surface area contributed by atoms with E-state index in [9.17, 15) is 22.4 Å². The van der Waals surface area contributed by atoms with Crippen molar-refractivity contribution in [1.29, 1.82) is 0 Å². The van der Waals surface area contributed by atoms with E-state index in [1.54, 1.807) is 31.2 Å². The van der Waals surface area contributed by atoms with Gasteiger partial charge in [0.05, 0.1) is 12.3 Å². The number of ether oxygens (including phenoxy) is 1. The highest BCUT2D eigenvalue weighted by Crippen LogP contribution is 2.34. The molecule has 0 fully saturated rings. The van der Waals surface area contributed by atoms with Crippen LogP contribution in [0.4, 0.5) is 22.4 Å². The molecule has 43 heavy (non-hydrogen) atoms. The van der Waals surface area contributed by atoms with Crippen LogP contribution in [0.2, 0.25) is 0 Å². The van der Waals surface area contributed by atoms with Gasteiger partial charge in [-0.05, 0) is 41.8 Å². The average Bonchev–Trinajstić information content (AvgIpc) is 3.39. The van der Waals surface area contributed by atoms with E-state index in [0.29, 0.717) is 12.4 Å². The number of allylic oxidation sites excluding steroid dienone is 2. The lowest BCUT2D eigenvalue weighted by molar-refractivity contribution is -0.253. The zero-order valence-electron chi connectivity index (χ0n) is 23.1. The quantitative estimate of drug-likeness (QED) is 0.135. The van der Waals surface area contributed by atoms with Gasteiger partial charge in [-0.15, -0.1) is 11.6 Å². The van der Waals surface area contributed by atoms with Crippen molar-refractivity contribution in [2.45, 2.75) is 38.0 Å². The Kier molecular flexibility index (Phi) is 10.4. The number of halogens is 5. The number of fused-ring (bicyclic) bond motifs is 1. The minimum absolute atomic E-state index is 0.0853. The maximum absolute atomic E-state index is 13.9. The van der Waals surface area contributed by atoms with Crippen molar-refractivity contribution in [3.63, 3.8) is 0 Å². The van der Waals surface area contributed by atoms with Gasteiger partial charge in [-0.2, -0.15) is 17.6 Å². The van der Waals surface area contributed by atoms with E-state index in [-0.39, 0.29) is 23.6 Å². The van der Waals surface area contributed by atoms with Crippen LogP contribution in [0.5, 0.6) is 5.75 Å². The molecule has 1 aliphatic heterocycles. The zero-order chi connectivity index (χ0) is 30.9. The van der Waals surface area contributed by atoms with Crippen LogP contribution in [0.25, 0.3) is 0 Å². The molecule has 0 aromatic heterocycles. The van der Waals surface area contributed by atoms with Gasteiger partial charge in [-0.25, -0.2) is 4.79 Å². The molecule has 3 aromatic rings. The topological polar surface area (TPSA) is 75.1 Å².